The molecular weight excluding hydrogens is 198 g/mol. The first-order chi connectivity index (χ1) is 7.18. The number of carboxylic acid groups (broad SMARTS) is 1. The van der Waals surface area contributed by atoms with E-state index in [-0.39, 0.29) is 16.9 Å². The molecule has 2 N–H and O–H groups in total. The van der Waals surface area contributed by atoms with Crippen molar-refractivity contribution in [2.24, 2.45) is 0 Å². The lowest BCUT2D eigenvalue weighted by Crippen LogP contribution is -2.15. The largest absolute Gasteiger partial charge is 0.478 e. The predicted octanol–water partition coefficient (Wildman–Crippen LogP) is 0.259. The number of H-pyrrole nitrogens is 1. The number of aromatic amines is 1. The SMILES string of the molecule is O=C(O)c1ccnc(-n2[nH]ccc2=O)c1. The topological polar surface area (TPSA) is 88.0 Å². The molecule has 0 spiro atoms. The molecule has 0 aliphatic heterocycles. The van der Waals surface area contributed by atoms with E-state index in [1.165, 1.54) is 30.6 Å². The maximum absolute atomic E-state index is 11.2. The Morgan fingerprint density at radius 3 is 2.87 bits per heavy atom. The summed E-state index contributed by atoms with van der Waals surface area (Å²) in [6.45, 7) is 0. The summed E-state index contributed by atoms with van der Waals surface area (Å²) in [5.41, 5.74) is -0.202. The van der Waals surface area contributed by atoms with Crippen LogP contribution >= 0.6 is 0 Å². The van der Waals surface area contributed by atoms with Gasteiger partial charge in [0.2, 0.25) is 0 Å². The van der Waals surface area contributed by atoms with E-state index in [2.05, 4.69) is 10.1 Å². The van der Waals surface area contributed by atoms with Crippen molar-refractivity contribution < 1.29 is 9.90 Å². The average Bonchev–Trinajstić information content (AvgIpc) is 2.64. The van der Waals surface area contributed by atoms with Crippen molar-refractivity contribution in [3.8, 4) is 5.82 Å². The maximum atomic E-state index is 11.2. The van der Waals surface area contributed by atoms with Crippen LogP contribution in [0.4, 0.5) is 0 Å². The smallest absolute Gasteiger partial charge is 0.335 e. The highest BCUT2D eigenvalue weighted by Gasteiger charge is 2.06. The summed E-state index contributed by atoms with van der Waals surface area (Å²) in [4.78, 5) is 25.8. The van der Waals surface area contributed by atoms with Crippen molar-refractivity contribution in [1.82, 2.24) is 14.8 Å². The Hall–Kier alpha value is -2.37. The lowest BCUT2D eigenvalue weighted by molar-refractivity contribution is 0.0696. The van der Waals surface area contributed by atoms with Crippen LogP contribution in [0.25, 0.3) is 5.82 Å². The highest BCUT2D eigenvalue weighted by molar-refractivity contribution is 5.87. The highest BCUT2D eigenvalue weighted by atomic mass is 16.4. The zero-order valence-electron chi connectivity index (χ0n) is 7.54. The lowest BCUT2D eigenvalue weighted by Gasteiger charge is -2.00. The van der Waals surface area contributed by atoms with Gasteiger partial charge in [-0.2, -0.15) is 0 Å². The number of nitrogens with one attached hydrogen (secondary N) is 1. The third-order valence-electron chi connectivity index (χ3n) is 1.87. The number of carboxylic acids is 1. The molecule has 2 heterocycles. The Balaban J connectivity index is 2.55. The number of carbonyl (C=O) groups is 1. The minimum absolute atomic E-state index is 0.0847. The van der Waals surface area contributed by atoms with Crippen LogP contribution < -0.4 is 5.56 Å². The molecule has 0 aliphatic carbocycles. The zero-order valence-corrected chi connectivity index (χ0v) is 7.54. The molecule has 2 aromatic heterocycles. The predicted molar refractivity (Wildman–Crippen MR) is 51.1 cm³/mol. The van der Waals surface area contributed by atoms with Gasteiger partial charge in [-0.3, -0.25) is 9.89 Å². The Morgan fingerprint density at radius 2 is 2.27 bits per heavy atom. The highest BCUT2D eigenvalue weighted by Crippen LogP contribution is 2.03. The molecule has 0 radical (unpaired) electrons. The standard InChI is InChI=1S/C9H7N3O3/c13-8-2-4-11-12(8)7-5-6(9(14)15)1-3-10-7/h1-5,11H,(H,14,15). The van der Waals surface area contributed by atoms with Crippen molar-refractivity contribution in [2.45, 2.75) is 0 Å². The van der Waals surface area contributed by atoms with E-state index in [0.717, 1.165) is 4.68 Å². The molecule has 0 aliphatic rings. The second-order valence-electron chi connectivity index (χ2n) is 2.84. The molecule has 0 bridgehead atoms. The minimum Gasteiger partial charge on any atom is -0.478 e. The van der Waals surface area contributed by atoms with E-state index in [9.17, 15) is 9.59 Å². The molecule has 76 valence electrons. The number of rotatable bonds is 2. The lowest BCUT2D eigenvalue weighted by atomic mass is 10.3. The fourth-order valence-electron chi connectivity index (χ4n) is 1.17. The van der Waals surface area contributed by atoms with Crippen LogP contribution in [0.2, 0.25) is 0 Å². The molecule has 2 rings (SSSR count). The number of nitrogens with zero attached hydrogens (tertiary/aromatic N) is 2. The van der Waals surface area contributed by atoms with E-state index in [1.54, 1.807) is 0 Å². The summed E-state index contributed by atoms with van der Waals surface area (Å²) < 4.78 is 1.16. The number of hydrogen-bond acceptors (Lipinski definition) is 3. The van der Waals surface area contributed by atoms with Crippen LogP contribution in [0.5, 0.6) is 0 Å². The first kappa shape index (κ1) is 9.20. The Labute approximate surface area is 83.8 Å². The number of aromatic carboxylic acids is 1. The molecule has 0 atom stereocenters. The van der Waals surface area contributed by atoms with Crippen LogP contribution in [0.15, 0.2) is 35.4 Å². The fourth-order valence-corrected chi connectivity index (χ4v) is 1.17. The number of aromatic nitrogens is 3. The first-order valence-electron chi connectivity index (χ1n) is 4.14. The van der Waals surface area contributed by atoms with Crippen LogP contribution in [-0.2, 0) is 0 Å². The Kier molecular flexibility index (Phi) is 2.09. The number of hydrogen-bond donors (Lipinski definition) is 2. The average molecular weight is 205 g/mol. The third kappa shape index (κ3) is 1.64. The van der Waals surface area contributed by atoms with Gasteiger partial charge in [0.1, 0.15) is 0 Å². The third-order valence-corrected chi connectivity index (χ3v) is 1.87. The molecule has 2 aromatic rings. The van der Waals surface area contributed by atoms with E-state index >= 15 is 0 Å². The molecule has 6 heteroatoms. The van der Waals surface area contributed by atoms with Crippen molar-refractivity contribution in [3.63, 3.8) is 0 Å². The van der Waals surface area contributed by atoms with Crippen molar-refractivity contribution >= 4 is 5.97 Å². The monoisotopic (exact) mass is 205 g/mol. The summed E-state index contributed by atoms with van der Waals surface area (Å²) >= 11 is 0. The van der Waals surface area contributed by atoms with Gasteiger partial charge in [0.15, 0.2) is 5.82 Å². The summed E-state index contributed by atoms with van der Waals surface area (Å²) in [6, 6.07) is 4.01. The Bertz CT molecular complexity index is 555. The van der Waals surface area contributed by atoms with E-state index in [4.69, 9.17) is 5.11 Å². The second kappa shape index (κ2) is 3.41. The van der Waals surface area contributed by atoms with Crippen molar-refractivity contribution in [3.05, 3.63) is 46.5 Å². The van der Waals surface area contributed by atoms with E-state index < -0.39 is 5.97 Å². The molecule has 0 amide bonds. The summed E-state index contributed by atoms with van der Waals surface area (Å²) in [7, 11) is 0. The van der Waals surface area contributed by atoms with Gasteiger partial charge in [0.05, 0.1) is 5.56 Å². The molecule has 0 saturated carbocycles. The van der Waals surface area contributed by atoms with Crippen molar-refractivity contribution in [1.29, 1.82) is 0 Å². The zero-order chi connectivity index (χ0) is 10.8. The minimum atomic E-state index is -1.06. The first-order valence-corrected chi connectivity index (χ1v) is 4.14. The van der Waals surface area contributed by atoms with Gasteiger partial charge in [0, 0.05) is 18.5 Å². The number of pyridine rings is 1. The quantitative estimate of drug-likeness (QED) is 0.736. The Morgan fingerprint density at radius 1 is 1.47 bits per heavy atom. The van der Waals surface area contributed by atoms with Gasteiger partial charge in [-0.15, -0.1) is 0 Å². The van der Waals surface area contributed by atoms with Gasteiger partial charge in [0.25, 0.3) is 5.56 Å². The van der Waals surface area contributed by atoms with E-state index in [0.29, 0.717) is 0 Å². The summed E-state index contributed by atoms with van der Waals surface area (Å²) in [6.07, 6.45) is 2.80. The summed E-state index contributed by atoms with van der Waals surface area (Å²) in [5, 5.41) is 11.4. The molecule has 0 aromatic carbocycles. The van der Waals surface area contributed by atoms with Crippen LogP contribution in [-0.4, -0.2) is 25.8 Å². The van der Waals surface area contributed by atoms with Gasteiger partial charge >= 0.3 is 5.97 Å². The molecule has 15 heavy (non-hydrogen) atoms. The van der Waals surface area contributed by atoms with Gasteiger partial charge in [-0.25, -0.2) is 14.5 Å². The van der Waals surface area contributed by atoms with Gasteiger partial charge < -0.3 is 5.11 Å². The van der Waals surface area contributed by atoms with Crippen LogP contribution in [0.1, 0.15) is 10.4 Å². The van der Waals surface area contributed by atoms with Crippen LogP contribution in [0, 0.1) is 0 Å². The molecule has 6 nitrogen and oxygen atoms in total. The fraction of sp³-hybridized carbons (Fsp3) is 0. The molecule has 0 unspecified atom stereocenters. The van der Waals surface area contributed by atoms with Crippen molar-refractivity contribution in [2.75, 3.05) is 0 Å². The van der Waals surface area contributed by atoms with Gasteiger partial charge in [-0.1, -0.05) is 0 Å². The molecular formula is C9H7N3O3. The molecule has 0 saturated heterocycles. The van der Waals surface area contributed by atoms with Gasteiger partial charge in [-0.05, 0) is 12.1 Å². The normalized spacial score (nSPS) is 10.1. The maximum Gasteiger partial charge on any atom is 0.335 e. The van der Waals surface area contributed by atoms with Crippen LogP contribution in [0.3, 0.4) is 0 Å². The molecule has 0 fully saturated rings. The summed E-state index contributed by atoms with van der Waals surface area (Å²) in [5.74, 6) is -0.803. The second-order valence-corrected chi connectivity index (χ2v) is 2.84. The van der Waals surface area contributed by atoms with E-state index in [1.807, 2.05) is 0 Å².